The second-order valence-corrected chi connectivity index (χ2v) is 5.84. The van der Waals surface area contributed by atoms with E-state index >= 15 is 0 Å². The van der Waals surface area contributed by atoms with Crippen LogP contribution < -0.4 is 5.32 Å². The second kappa shape index (κ2) is 7.29. The molecule has 96 valence electrons. The van der Waals surface area contributed by atoms with Crippen LogP contribution in [0.1, 0.15) is 59.3 Å². The first-order valence-electron chi connectivity index (χ1n) is 6.96. The van der Waals surface area contributed by atoms with Gasteiger partial charge in [-0.2, -0.15) is 0 Å². The van der Waals surface area contributed by atoms with E-state index in [1.54, 1.807) is 0 Å². The molecule has 1 saturated carbocycles. The van der Waals surface area contributed by atoms with Gasteiger partial charge in [-0.3, -0.25) is 0 Å². The van der Waals surface area contributed by atoms with Crippen LogP contribution in [0.2, 0.25) is 0 Å². The van der Waals surface area contributed by atoms with E-state index in [0.29, 0.717) is 11.5 Å². The van der Waals surface area contributed by atoms with Crippen molar-refractivity contribution in [3.8, 4) is 0 Å². The molecule has 0 spiro atoms. The minimum absolute atomic E-state index is 0.529. The average Bonchev–Trinajstić information content (AvgIpc) is 2.25. The molecule has 0 aromatic carbocycles. The van der Waals surface area contributed by atoms with Crippen molar-refractivity contribution < 1.29 is 4.74 Å². The molecule has 0 aliphatic heterocycles. The van der Waals surface area contributed by atoms with Crippen LogP contribution >= 0.6 is 0 Å². The molecule has 0 aromatic rings. The Morgan fingerprint density at radius 2 is 1.88 bits per heavy atom. The Bertz CT molecular complexity index is 170. The number of hydrogen-bond acceptors (Lipinski definition) is 2. The van der Waals surface area contributed by atoms with Gasteiger partial charge in [0.05, 0.1) is 12.7 Å². The molecule has 0 atom stereocenters. The van der Waals surface area contributed by atoms with Crippen molar-refractivity contribution in [2.75, 3.05) is 19.7 Å². The molecule has 16 heavy (non-hydrogen) atoms. The van der Waals surface area contributed by atoms with Gasteiger partial charge in [-0.15, -0.1) is 0 Å². The van der Waals surface area contributed by atoms with Crippen LogP contribution in [0.15, 0.2) is 0 Å². The first kappa shape index (κ1) is 14.0. The molecule has 1 rings (SSSR count). The molecule has 1 fully saturated rings. The lowest BCUT2D eigenvalue weighted by Gasteiger charge is -2.34. The Balaban J connectivity index is 1.94. The maximum atomic E-state index is 5.89. The Kier molecular flexibility index (Phi) is 6.37. The Morgan fingerprint density at radius 3 is 2.50 bits per heavy atom. The standard InChI is InChI=1S/C14H29NO/c1-4-5-10-15-11-12-16-13-6-8-14(2,3)9-7-13/h13,15H,4-12H2,1-3H3. The van der Waals surface area contributed by atoms with E-state index < -0.39 is 0 Å². The molecule has 0 bridgehead atoms. The number of nitrogens with one attached hydrogen (secondary N) is 1. The maximum absolute atomic E-state index is 5.89. The first-order chi connectivity index (χ1) is 7.64. The summed E-state index contributed by atoms with van der Waals surface area (Å²) >= 11 is 0. The summed E-state index contributed by atoms with van der Waals surface area (Å²) in [6.45, 7) is 10.00. The zero-order chi connectivity index (χ0) is 11.9. The number of ether oxygens (including phenoxy) is 1. The summed E-state index contributed by atoms with van der Waals surface area (Å²) in [6.07, 6.45) is 8.22. The van der Waals surface area contributed by atoms with Crippen LogP contribution in [-0.4, -0.2) is 25.8 Å². The van der Waals surface area contributed by atoms with Crippen molar-refractivity contribution in [2.45, 2.75) is 65.4 Å². The molecule has 1 N–H and O–H groups in total. The summed E-state index contributed by atoms with van der Waals surface area (Å²) in [5.74, 6) is 0. The Morgan fingerprint density at radius 1 is 1.19 bits per heavy atom. The first-order valence-corrected chi connectivity index (χ1v) is 6.96. The molecule has 1 aliphatic carbocycles. The summed E-state index contributed by atoms with van der Waals surface area (Å²) in [5, 5.41) is 3.42. The van der Waals surface area contributed by atoms with Crippen molar-refractivity contribution in [1.29, 1.82) is 0 Å². The third-order valence-corrected chi connectivity index (χ3v) is 3.63. The van der Waals surface area contributed by atoms with Crippen molar-refractivity contribution >= 4 is 0 Å². The van der Waals surface area contributed by atoms with Gasteiger partial charge in [0.25, 0.3) is 0 Å². The van der Waals surface area contributed by atoms with Crippen molar-refractivity contribution in [3.05, 3.63) is 0 Å². The van der Waals surface area contributed by atoms with Crippen LogP contribution in [0.5, 0.6) is 0 Å². The number of unbranched alkanes of at least 4 members (excludes halogenated alkanes) is 1. The zero-order valence-corrected chi connectivity index (χ0v) is 11.3. The highest BCUT2D eigenvalue weighted by atomic mass is 16.5. The van der Waals surface area contributed by atoms with Crippen molar-refractivity contribution in [3.63, 3.8) is 0 Å². The highest BCUT2D eigenvalue weighted by Gasteiger charge is 2.26. The van der Waals surface area contributed by atoms with Crippen LogP contribution in [0, 0.1) is 5.41 Å². The van der Waals surface area contributed by atoms with Crippen LogP contribution in [0.3, 0.4) is 0 Å². The van der Waals surface area contributed by atoms with Gasteiger partial charge in [-0.1, -0.05) is 27.2 Å². The smallest absolute Gasteiger partial charge is 0.0594 e. The summed E-state index contributed by atoms with van der Waals surface area (Å²) in [7, 11) is 0. The van der Waals surface area contributed by atoms with Crippen molar-refractivity contribution in [2.24, 2.45) is 5.41 Å². The summed E-state index contributed by atoms with van der Waals surface area (Å²) in [4.78, 5) is 0. The zero-order valence-electron chi connectivity index (χ0n) is 11.3. The largest absolute Gasteiger partial charge is 0.377 e. The lowest BCUT2D eigenvalue weighted by atomic mass is 9.76. The molecule has 2 nitrogen and oxygen atoms in total. The number of hydrogen-bond donors (Lipinski definition) is 1. The predicted octanol–water partition coefficient (Wildman–Crippen LogP) is 3.36. The van der Waals surface area contributed by atoms with Gasteiger partial charge in [0, 0.05) is 6.54 Å². The Hall–Kier alpha value is -0.0800. The molecule has 2 heteroatoms. The second-order valence-electron chi connectivity index (χ2n) is 5.84. The lowest BCUT2D eigenvalue weighted by Crippen LogP contribution is -2.29. The van der Waals surface area contributed by atoms with Gasteiger partial charge in [-0.05, 0) is 44.1 Å². The normalized spacial score (nSPS) is 21.2. The molecule has 1 aliphatic rings. The highest BCUT2D eigenvalue weighted by Crippen LogP contribution is 2.35. The van der Waals surface area contributed by atoms with Gasteiger partial charge < -0.3 is 10.1 Å². The summed E-state index contributed by atoms with van der Waals surface area (Å²) in [6, 6.07) is 0. The van der Waals surface area contributed by atoms with Gasteiger partial charge in [0.2, 0.25) is 0 Å². The fraction of sp³-hybridized carbons (Fsp3) is 1.00. The van der Waals surface area contributed by atoms with Crippen LogP contribution in [-0.2, 0) is 4.74 Å². The van der Waals surface area contributed by atoms with Gasteiger partial charge in [0.1, 0.15) is 0 Å². The highest BCUT2D eigenvalue weighted by molar-refractivity contribution is 4.78. The van der Waals surface area contributed by atoms with E-state index in [2.05, 4.69) is 26.1 Å². The van der Waals surface area contributed by atoms with Crippen LogP contribution in [0.25, 0.3) is 0 Å². The number of rotatable bonds is 7. The minimum atomic E-state index is 0.529. The van der Waals surface area contributed by atoms with Crippen molar-refractivity contribution in [1.82, 2.24) is 5.32 Å². The average molecular weight is 227 g/mol. The van der Waals surface area contributed by atoms with E-state index in [0.717, 1.165) is 19.7 Å². The SMILES string of the molecule is CCCCNCCOC1CCC(C)(C)CC1. The van der Waals surface area contributed by atoms with E-state index in [1.807, 2.05) is 0 Å². The van der Waals surface area contributed by atoms with Gasteiger partial charge in [-0.25, -0.2) is 0 Å². The molecular weight excluding hydrogens is 198 g/mol. The van der Waals surface area contributed by atoms with Gasteiger partial charge in [0.15, 0.2) is 0 Å². The quantitative estimate of drug-likeness (QED) is 0.673. The third-order valence-electron chi connectivity index (χ3n) is 3.63. The summed E-state index contributed by atoms with van der Waals surface area (Å²) < 4.78 is 5.89. The topological polar surface area (TPSA) is 21.3 Å². The molecule has 0 aromatic heterocycles. The fourth-order valence-electron chi connectivity index (χ4n) is 2.26. The van der Waals surface area contributed by atoms with Gasteiger partial charge >= 0.3 is 0 Å². The lowest BCUT2D eigenvalue weighted by molar-refractivity contribution is 0.00605. The third kappa shape index (κ3) is 5.86. The molecular formula is C14H29NO. The van der Waals surface area contributed by atoms with E-state index in [-0.39, 0.29) is 0 Å². The molecule has 0 unspecified atom stereocenters. The van der Waals surface area contributed by atoms with E-state index in [1.165, 1.54) is 38.5 Å². The molecule has 0 heterocycles. The summed E-state index contributed by atoms with van der Waals surface area (Å²) in [5.41, 5.74) is 0.555. The maximum Gasteiger partial charge on any atom is 0.0594 e. The molecule has 0 amide bonds. The monoisotopic (exact) mass is 227 g/mol. The minimum Gasteiger partial charge on any atom is -0.377 e. The van der Waals surface area contributed by atoms with E-state index in [4.69, 9.17) is 4.74 Å². The fourth-order valence-corrected chi connectivity index (χ4v) is 2.26. The Labute approximate surface area is 101 Å². The molecule has 0 saturated heterocycles. The predicted molar refractivity (Wildman–Crippen MR) is 69.8 cm³/mol. The van der Waals surface area contributed by atoms with E-state index in [9.17, 15) is 0 Å². The molecule has 0 radical (unpaired) electrons. The van der Waals surface area contributed by atoms with Crippen LogP contribution in [0.4, 0.5) is 0 Å².